The summed E-state index contributed by atoms with van der Waals surface area (Å²) in [6.45, 7) is 3.90. The number of nitrogens with zero attached hydrogens (tertiary/aromatic N) is 3. The van der Waals surface area contributed by atoms with Crippen molar-refractivity contribution in [3.63, 3.8) is 0 Å². The van der Waals surface area contributed by atoms with Crippen molar-refractivity contribution in [1.29, 1.82) is 0 Å². The Morgan fingerprint density at radius 1 is 0.971 bits per heavy atom. The first kappa shape index (κ1) is 23.0. The highest BCUT2D eigenvalue weighted by Crippen LogP contribution is 2.26. The molecule has 0 saturated carbocycles. The summed E-state index contributed by atoms with van der Waals surface area (Å²) in [6, 6.07) is 21.8. The Kier molecular flexibility index (Phi) is 6.33. The van der Waals surface area contributed by atoms with Crippen molar-refractivity contribution >= 4 is 21.4 Å². The molecule has 0 fully saturated rings. The fourth-order valence-electron chi connectivity index (χ4n) is 3.44. The van der Waals surface area contributed by atoms with Crippen molar-refractivity contribution in [3.05, 3.63) is 106 Å². The molecule has 0 bridgehead atoms. The summed E-state index contributed by atoms with van der Waals surface area (Å²) in [7, 11) is -3.95. The number of non-ortho nitro benzene ring substituents is 1. The third-order valence-corrected chi connectivity index (χ3v) is 6.55. The van der Waals surface area contributed by atoms with Crippen LogP contribution in [0.5, 0.6) is 11.5 Å². The van der Waals surface area contributed by atoms with Gasteiger partial charge in [-0.15, -0.1) is 0 Å². The first-order valence-corrected chi connectivity index (χ1v) is 11.8. The number of hydrogen-bond acceptors (Lipinski definition) is 6. The third kappa shape index (κ3) is 5.07. The second kappa shape index (κ2) is 9.36. The van der Waals surface area contributed by atoms with Gasteiger partial charge in [-0.25, -0.2) is 8.42 Å². The first-order valence-electron chi connectivity index (χ1n) is 10.4. The van der Waals surface area contributed by atoms with E-state index < -0.39 is 14.9 Å². The Balaban J connectivity index is 1.53. The monoisotopic (exact) mass is 478 g/mol. The number of rotatable bonds is 8. The molecule has 0 amide bonds. The zero-order valence-corrected chi connectivity index (χ0v) is 19.3. The van der Waals surface area contributed by atoms with Gasteiger partial charge < -0.3 is 4.74 Å². The van der Waals surface area contributed by atoms with Crippen LogP contribution in [0.4, 0.5) is 11.4 Å². The number of sulfonamides is 1. The summed E-state index contributed by atoms with van der Waals surface area (Å²) < 4.78 is 35.8. The first-order chi connectivity index (χ1) is 16.2. The van der Waals surface area contributed by atoms with E-state index in [9.17, 15) is 18.5 Å². The van der Waals surface area contributed by atoms with Crippen molar-refractivity contribution in [3.8, 4) is 11.5 Å². The van der Waals surface area contributed by atoms with E-state index in [4.69, 9.17) is 4.74 Å². The van der Waals surface area contributed by atoms with E-state index in [1.807, 2.05) is 54.6 Å². The fraction of sp³-hybridized carbons (Fsp3) is 0.125. The maximum absolute atomic E-state index is 12.8. The number of aromatic nitrogens is 2. The molecule has 1 aromatic heterocycles. The molecule has 10 heteroatoms. The van der Waals surface area contributed by atoms with Crippen molar-refractivity contribution in [2.75, 3.05) is 4.72 Å². The minimum Gasteiger partial charge on any atom is -0.457 e. The van der Waals surface area contributed by atoms with Gasteiger partial charge in [-0.3, -0.25) is 19.5 Å². The minimum atomic E-state index is -3.95. The fourth-order valence-corrected chi connectivity index (χ4v) is 4.62. The number of hydrogen-bond donors (Lipinski definition) is 1. The summed E-state index contributed by atoms with van der Waals surface area (Å²) >= 11 is 0. The van der Waals surface area contributed by atoms with Gasteiger partial charge in [0.2, 0.25) is 0 Å². The van der Waals surface area contributed by atoms with Gasteiger partial charge in [0.05, 0.1) is 33.4 Å². The van der Waals surface area contributed by atoms with Crippen molar-refractivity contribution < 1.29 is 18.1 Å². The molecule has 0 radical (unpaired) electrons. The largest absolute Gasteiger partial charge is 0.457 e. The SMILES string of the molecule is Cc1nn(Cc2cccc(Oc3ccccc3)c2)c(C)c1NS(=O)(=O)c1ccc([N+](=O)[O-])cc1. The van der Waals surface area contributed by atoms with Crippen LogP contribution in [0.25, 0.3) is 0 Å². The number of ether oxygens (including phenoxy) is 1. The molecular formula is C24H22N4O5S. The molecule has 0 aliphatic rings. The van der Waals surface area contributed by atoms with E-state index in [0.29, 0.717) is 29.4 Å². The van der Waals surface area contributed by atoms with Crippen molar-refractivity contribution in [2.45, 2.75) is 25.3 Å². The predicted molar refractivity (Wildman–Crippen MR) is 128 cm³/mol. The minimum absolute atomic E-state index is 0.0737. The van der Waals surface area contributed by atoms with Crippen LogP contribution in [-0.2, 0) is 16.6 Å². The zero-order chi connectivity index (χ0) is 24.3. The Bertz CT molecular complexity index is 1430. The Morgan fingerprint density at radius 3 is 2.32 bits per heavy atom. The van der Waals surface area contributed by atoms with Crippen molar-refractivity contribution in [2.24, 2.45) is 0 Å². The van der Waals surface area contributed by atoms with E-state index in [0.717, 1.165) is 23.4 Å². The molecule has 4 rings (SSSR count). The Hall–Kier alpha value is -4.18. The maximum Gasteiger partial charge on any atom is 0.269 e. The standard InChI is InChI=1S/C24H22N4O5S/c1-17-24(26-34(31,32)23-13-11-20(12-14-23)28(29)30)18(2)27(25-17)16-19-7-6-10-22(15-19)33-21-8-4-3-5-9-21/h3-15,26H,16H2,1-2H3. The quantitative estimate of drug-likeness (QED) is 0.280. The van der Waals surface area contributed by atoms with Gasteiger partial charge in [0, 0.05) is 12.1 Å². The van der Waals surface area contributed by atoms with Gasteiger partial charge >= 0.3 is 0 Å². The molecule has 0 saturated heterocycles. The molecular weight excluding hydrogens is 456 g/mol. The van der Waals surface area contributed by atoms with Crippen LogP contribution in [-0.4, -0.2) is 23.1 Å². The second-order valence-corrected chi connectivity index (χ2v) is 9.30. The van der Waals surface area contributed by atoms with Crippen LogP contribution in [0.15, 0.2) is 83.8 Å². The number of anilines is 1. The van der Waals surface area contributed by atoms with Crippen molar-refractivity contribution in [1.82, 2.24) is 9.78 Å². The molecule has 1 N–H and O–H groups in total. The van der Waals surface area contributed by atoms with Gasteiger partial charge in [0.25, 0.3) is 15.7 Å². The smallest absolute Gasteiger partial charge is 0.269 e. The lowest BCUT2D eigenvalue weighted by atomic mass is 10.2. The summed E-state index contributed by atoms with van der Waals surface area (Å²) in [6.07, 6.45) is 0. The van der Waals surface area contributed by atoms with Crippen LogP contribution in [0.1, 0.15) is 17.0 Å². The molecule has 3 aromatic carbocycles. The number of nitro benzene ring substituents is 1. The van der Waals surface area contributed by atoms with E-state index in [1.54, 1.807) is 18.5 Å². The Labute approximate surface area is 196 Å². The summed E-state index contributed by atoms with van der Waals surface area (Å²) in [5, 5.41) is 15.3. The van der Waals surface area contributed by atoms with E-state index in [-0.39, 0.29) is 10.6 Å². The number of nitrogens with one attached hydrogen (secondary N) is 1. The van der Waals surface area contributed by atoms with Crippen LogP contribution >= 0.6 is 0 Å². The lowest BCUT2D eigenvalue weighted by Crippen LogP contribution is -2.14. The van der Waals surface area contributed by atoms with Crippen LogP contribution in [0.3, 0.4) is 0 Å². The highest BCUT2D eigenvalue weighted by molar-refractivity contribution is 7.92. The maximum atomic E-state index is 12.8. The van der Waals surface area contributed by atoms with Crippen LogP contribution in [0, 0.1) is 24.0 Å². The lowest BCUT2D eigenvalue weighted by Gasteiger charge is -2.10. The van der Waals surface area contributed by atoms with Gasteiger partial charge in [0.1, 0.15) is 11.5 Å². The van der Waals surface area contributed by atoms with Gasteiger partial charge in [-0.2, -0.15) is 5.10 Å². The topological polar surface area (TPSA) is 116 Å². The van der Waals surface area contributed by atoms with Gasteiger partial charge in [-0.1, -0.05) is 30.3 Å². The molecule has 0 spiro atoms. The highest BCUT2D eigenvalue weighted by Gasteiger charge is 2.21. The molecule has 0 aliphatic carbocycles. The summed E-state index contributed by atoms with van der Waals surface area (Å²) in [4.78, 5) is 10.2. The number of aryl methyl sites for hydroxylation is 1. The van der Waals surface area contributed by atoms with E-state index in [2.05, 4.69) is 9.82 Å². The summed E-state index contributed by atoms with van der Waals surface area (Å²) in [5.41, 5.74) is 2.27. The van der Waals surface area contributed by atoms with Gasteiger partial charge in [-0.05, 0) is 55.8 Å². The molecule has 1 heterocycles. The average Bonchev–Trinajstić information content (AvgIpc) is 3.07. The second-order valence-electron chi connectivity index (χ2n) is 7.62. The van der Waals surface area contributed by atoms with Crippen LogP contribution in [0.2, 0.25) is 0 Å². The van der Waals surface area contributed by atoms with E-state index >= 15 is 0 Å². The molecule has 9 nitrogen and oxygen atoms in total. The predicted octanol–water partition coefficient (Wildman–Crippen LogP) is 5.05. The van der Waals surface area contributed by atoms with E-state index in [1.165, 1.54) is 12.1 Å². The third-order valence-electron chi connectivity index (χ3n) is 5.19. The normalized spacial score (nSPS) is 11.2. The van der Waals surface area contributed by atoms with Gasteiger partial charge in [0.15, 0.2) is 0 Å². The zero-order valence-electron chi connectivity index (χ0n) is 18.5. The highest BCUT2D eigenvalue weighted by atomic mass is 32.2. The number of nitro groups is 1. The number of benzene rings is 3. The molecule has 34 heavy (non-hydrogen) atoms. The van der Waals surface area contributed by atoms with Crippen LogP contribution < -0.4 is 9.46 Å². The molecule has 0 atom stereocenters. The number of para-hydroxylation sites is 1. The average molecular weight is 479 g/mol. The molecule has 174 valence electrons. The lowest BCUT2D eigenvalue weighted by molar-refractivity contribution is -0.384. The molecule has 4 aromatic rings. The molecule has 0 unspecified atom stereocenters. The molecule has 0 aliphatic heterocycles. The summed E-state index contributed by atoms with van der Waals surface area (Å²) in [5.74, 6) is 1.41. The Morgan fingerprint density at radius 2 is 1.65 bits per heavy atom.